The van der Waals surface area contributed by atoms with Crippen molar-refractivity contribution < 1.29 is 28.6 Å². The second-order valence-corrected chi connectivity index (χ2v) is 21.6. The predicted octanol–water partition coefficient (Wildman–Crippen LogP) is 22.6. The number of hydrogen-bond acceptors (Lipinski definition) is 6. The minimum Gasteiger partial charge on any atom is -0.462 e. The molecular weight excluding hydrogens is 961 g/mol. The van der Waals surface area contributed by atoms with Crippen LogP contribution in [-0.4, -0.2) is 37.2 Å². The molecule has 0 amide bonds. The highest BCUT2D eigenvalue weighted by atomic mass is 16.6. The molecule has 0 saturated heterocycles. The molecule has 0 N–H and O–H groups in total. The van der Waals surface area contributed by atoms with E-state index in [9.17, 15) is 14.4 Å². The largest absolute Gasteiger partial charge is 0.462 e. The Morgan fingerprint density at radius 3 is 0.795 bits per heavy atom. The molecule has 1 atom stereocenters. The van der Waals surface area contributed by atoms with Crippen molar-refractivity contribution in [3.8, 4) is 0 Å². The van der Waals surface area contributed by atoms with Crippen LogP contribution >= 0.6 is 0 Å². The predicted molar refractivity (Wildman–Crippen MR) is 339 cm³/mol. The average Bonchev–Trinajstić information content (AvgIpc) is 3.44. The molecule has 0 aromatic carbocycles. The van der Waals surface area contributed by atoms with E-state index in [1.54, 1.807) is 0 Å². The van der Waals surface area contributed by atoms with Gasteiger partial charge in [-0.3, -0.25) is 14.4 Å². The molecule has 0 fully saturated rings. The second kappa shape index (κ2) is 65.6. The molecule has 0 saturated carbocycles. The summed E-state index contributed by atoms with van der Waals surface area (Å²) in [6.45, 7) is 6.50. The number of allylic oxidation sites excluding steroid dienone is 18. The Labute approximate surface area is 482 Å². The molecule has 0 bridgehead atoms. The lowest BCUT2D eigenvalue weighted by molar-refractivity contribution is -0.167. The number of rotatable bonds is 59. The van der Waals surface area contributed by atoms with E-state index in [0.717, 1.165) is 109 Å². The van der Waals surface area contributed by atoms with Crippen LogP contribution in [0.2, 0.25) is 0 Å². The molecule has 0 aromatic rings. The van der Waals surface area contributed by atoms with E-state index in [1.165, 1.54) is 161 Å². The van der Waals surface area contributed by atoms with Crippen LogP contribution in [0.1, 0.15) is 310 Å². The highest BCUT2D eigenvalue weighted by Crippen LogP contribution is 2.16. The van der Waals surface area contributed by atoms with Crippen LogP contribution < -0.4 is 0 Å². The van der Waals surface area contributed by atoms with E-state index in [2.05, 4.69) is 130 Å². The third-order valence-electron chi connectivity index (χ3n) is 14.0. The lowest BCUT2D eigenvalue weighted by Crippen LogP contribution is -2.30. The van der Waals surface area contributed by atoms with E-state index in [-0.39, 0.29) is 31.1 Å². The zero-order valence-corrected chi connectivity index (χ0v) is 51.2. The van der Waals surface area contributed by atoms with Crippen LogP contribution in [0.25, 0.3) is 0 Å². The monoisotopic (exact) mass is 1080 g/mol. The molecule has 446 valence electrons. The number of carbonyl (C=O) groups excluding carboxylic acids is 3. The average molecular weight is 1080 g/mol. The maximum Gasteiger partial charge on any atom is 0.306 e. The first-order chi connectivity index (χ1) is 38.5. The van der Waals surface area contributed by atoms with E-state index in [0.29, 0.717) is 19.3 Å². The van der Waals surface area contributed by atoms with Crippen molar-refractivity contribution in [2.75, 3.05) is 13.2 Å². The summed E-state index contributed by atoms with van der Waals surface area (Å²) in [5.41, 5.74) is 0. The summed E-state index contributed by atoms with van der Waals surface area (Å²) in [4.78, 5) is 38.1. The molecule has 1 unspecified atom stereocenters. The standard InChI is InChI=1S/C72H122O6/c1-4-7-10-13-16-19-21-23-25-27-28-29-30-31-32-33-34-35-36-37-38-39-40-41-42-43-44-46-47-49-51-53-56-59-62-65-71(74)77-68-69(67-76-70(73)64-61-58-55-18-15-12-9-6-3)78-72(75)66-63-60-57-54-52-50-48-45-26-24-22-20-17-14-11-8-5-2/h7,10,16,19,23-26,28-29,31-32,34-35,37-38,40-41,69H,4-6,8-9,11-15,17-18,20-22,27,30,33,36,39,42-68H2,1-3H3/b10-7-,19-16-,25-23-,26-24-,29-28-,32-31-,35-34-,38-37-,41-40-. The van der Waals surface area contributed by atoms with Gasteiger partial charge in [-0.15, -0.1) is 0 Å². The topological polar surface area (TPSA) is 78.9 Å². The summed E-state index contributed by atoms with van der Waals surface area (Å²) in [5, 5.41) is 0. The van der Waals surface area contributed by atoms with Crippen LogP contribution in [0, 0.1) is 0 Å². The summed E-state index contributed by atoms with van der Waals surface area (Å²) >= 11 is 0. The fourth-order valence-corrected chi connectivity index (χ4v) is 9.10. The van der Waals surface area contributed by atoms with Gasteiger partial charge in [-0.25, -0.2) is 0 Å². The van der Waals surface area contributed by atoms with Crippen molar-refractivity contribution in [3.05, 3.63) is 109 Å². The van der Waals surface area contributed by atoms with E-state index < -0.39 is 6.10 Å². The van der Waals surface area contributed by atoms with Crippen molar-refractivity contribution in [2.24, 2.45) is 0 Å². The second-order valence-electron chi connectivity index (χ2n) is 21.6. The molecule has 6 nitrogen and oxygen atoms in total. The van der Waals surface area contributed by atoms with Gasteiger partial charge in [0.15, 0.2) is 6.10 Å². The molecule has 0 spiro atoms. The molecular formula is C72H122O6. The molecule has 0 aliphatic heterocycles. The Hall–Kier alpha value is -3.93. The Morgan fingerprint density at radius 2 is 0.500 bits per heavy atom. The van der Waals surface area contributed by atoms with Gasteiger partial charge in [-0.1, -0.05) is 291 Å². The maximum atomic E-state index is 12.9. The third-order valence-corrected chi connectivity index (χ3v) is 14.0. The molecule has 0 radical (unpaired) electrons. The van der Waals surface area contributed by atoms with Crippen LogP contribution in [0.15, 0.2) is 109 Å². The van der Waals surface area contributed by atoms with Gasteiger partial charge in [0.05, 0.1) is 0 Å². The van der Waals surface area contributed by atoms with Crippen LogP contribution in [0.3, 0.4) is 0 Å². The van der Waals surface area contributed by atoms with Crippen molar-refractivity contribution in [2.45, 2.75) is 316 Å². The Balaban J connectivity index is 4.12. The van der Waals surface area contributed by atoms with Gasteiger partial charge in [0.1, 0.15) is 13.2 Å². The molecule has 0 aromatic heterocycles. The summed E-state index contributed by atoms with van der Waals surface area (Å²) in [6, 6.07) is 0. The van der Waals surface area contributed by atoms with Crippen molar-refractivity contribution in [3.63, 3.8) is 0 Å². The first kappa shape index (κ1) is 74.1. The number of esters is 3. The van der Waals surface area contributed by atoms with Gasteiger partial charge in [0.25, 0.3) is 0 Å². The normalized spacial score (nSPS) is 12.8. The molecule has 0 aliphatic carbocycles. The Morgan fingerprint density at radius 1 is 0.269 bits per heavy atom. The van der Waals surface area contributed by atoms with Gasteiger partial charge in [-0.2, -0.15) is 0 Å². The molecule has 0 aliphatic rings. The zero-order valence-electron chi connectivity index (χ0n) is 51.2. The number of carbonyl (C=O) groups is 3. The van der Waals surface area contributed by atoms with E-state index >= 15 is 0 Å². The first-order valence-electron chi connectivity index (χ1n) is 32.9. The Bertz CT molecular complexity index is 1570. The minimum atomic E-state index is -0.779. The molecule has 0 heterocycles. The van der Waals surface area contributed by atoms with E-state index in [1.807, 2.05) is 0 Å². The van der Waals surface area contributed by atoms with Gasteiger partial charge in [-0.05, 0) is 109 Å². The van der Waals surface area contributed by atoms with E-state index in [4.69, 9.17) is 14.2 Å². The SMILES string of the molecule is CC/C=C\C/C=C\C/C=C\C/C=C\C/C=C\C/C=C\C/C=C\C/C=C\CCCCCCCCCCCCC(=O)OCC(COC(=O)CCCCCCCCCC)OC(=O)CCCCCCCCC/C=C\CCCCCCCC. The Kier molecular flexibility index (Phi) is 62.3. The maximum absolute atomic E-state index is 12.9. The summed E-state index contributed by atoms with van der Waals surface area (Å²) in [7, 11) is 0. The smallest absolute Gasteiger partial charge is 0.306 e. The van der Waals surface area contributed by atoms with Crippen LogP contribution in [0.5, 0.6) is 0 Å². The lowest BCUT2D eigenvalue weighted by atomic mass is 10.1. The van der Waals surface area contributed by atoms with Crippen molar-refractivity contribution >= 4 is 17.9 Å². The molecule has 0 rings (SSSR count). The van der Waals surface area contributed by atoms with Crippen LogP contribution in [0.4, 0.5) is 0 Å². The van der Waals surface area contributed by atoms with Crippen molar-refractivity contribution in [1.29, 1.82) is 0 Å². The lowest BCUT2D eigenvalue weighted by Gasteiger charge is -2.18. The summed E-state index contributed by atoms with van der Waals surface area (Å²) in [6.07, 6.45) is 89.7. The zero-order chi connectivity index (χ0) is 56.4. The van der Waals surface area contributed by atoms with Gasteiger partial charge < -0.3 is 14.2 Å². The summed E-state index contributed by atoms with van der Waals surface area (Å²) in [5.74, 6) is -0.884. The quantitative estimate of drug-likeness (QED) is 0.0261. The van der Waals surface area contributed by atoms with Gasteiger partial charge in [0.2, 0.25) is 0 Å². The van der Waals surface area contributed by atoms with Gasteiger partial charge in [0, 0.05) is 19.3 Å². The molecule has 78 heavy (non-hydrogen) atoms. The number of unbranched alkanes of at least 4 members (excludes halogenated alkanes) is 30. The highest BCUT2D eigenvalue weighted by molar-refractivity contribution is 5.71. The van der Waals surface area contributed by atoms with Crippen LogP contribution in [-0.2, 0) is 28.6 Å². The number of ether oxygens (including phenoxy) is 3. The van der Waals surface area contributed by atoms with Crippen molar-refractivity contribution in [1.82, 2.24) is 0 Å². The first-order valence-corrected chi connectivity index (χ1v) is 32.9. The number of hydrogen-bond donors (Lipinski definition) is 0. The van der Waals surface area contributed by atoms with Gasteiger partial charge >= 0.3 is 17.9 Å². The highest BCUT2D eigenvalue weighted by Gasteiger charge is 2.19. The fourth-order valence-electron chi connectivity index (χ4n) is 9.10. The third kappa shape index (κ3) is 62.9. The summed E-state index contributed by atoms with van der Waals surface area (Å²) < 4.78 is 16.9. The molecule has 6 heteroatoms. The minimum absolute atomic E-state index is 0.0781. The fraction of sp³-hybridized carbons (Fsp3) is 0.708.